The molecule has 2 N–H and O–H groups in total. The third-order valence-corrected chi connectivity index (χ3v) is 3.74. The molecule has 0 atom stereocenters. The Morgan fingerprint density at radius 2 is 2.11 bits per heavy atom. The Morgan fingerprint density at radius 1 is 1.39 bits per heavy atom. The third kappa shape index (κ3) is 2.13. The summed E-state index contributed by atoms with van der Waals surface area (Å²) in [4.78, 5) is 16.4. The summed E-state index contributed by atoms with van der Waals surface area (Å²) >= 11 is 0. The molecule has 0 saturated carbocycles. The third-order valence-electron chi connectivity index (χ3n) is 3.74. The number of aromatic amines is 1. The van der Waals surface area contributed by atoms with Crippen molar-refractivity contribution in [2.45, 2.75) is 13.0 Å². The first-order valence-electron chi connectivity index (χ1n) is 6.50. The van der Waals surface area contributed by atoms with E-state index in [-0.39, 0.29) is 5.91 Å². The van der Waals surface area contributed by atoms with Gasteiger partial charge in [0, 0.05) is 51.0 Å². The Kier molecular flexibility index (Phi) is 3.05. The first-order chi connectivity index (χ1) is 8.74. The zero-order valence-electron chi connectivity index (χ0n) is 10.6. The molecule has 1 amide bonds. The van der Waals surface area contributed by atoms with Gasteiger partial charge in [0.05, 0.1) is 0 Å². The summed E-state index contributed by atoms with van der Waals surface area (Å²) in [7, 11) is 0. The summed E-state index contributed by atoms with van der Waals surface area (Å²) in [5, 5.41) is 10.2. The molecule has 6 heteroatoms. The summed E-state index contributed by atoms with van der Waals surface area (Å²) in [6.45, 7) is 7.88. The predicted octanol–water partition coefficient (Wildman–Crippen LogP) is -0.552. The molecule has 0 bridgehead atoms. The van der Waals surface area contributed by atoms with Crippen molar-refractivity contribution in [1.29, 1.82) is 0 Å². The zero-order valence-corrected chi connectivity index (χ0v) is 10.6. The lowest BCUT2D eigenvalue weighted by Crippen LogP contribution is -2.63. The molecule has 0 unspecified atom stereocenters. The van der Waals surface area contributed by atoms with E-state index in [1.807, 2.05) is 11.8 Å². The van der Waals surface area contributed by atoms with Crippen LogP contribution >= 0.6 is 0 Å². The van der Waals surface area contributed by atoms with Crippen LogP contribution in [-0.2, 0) is 0 Å². The summed E-state index contributed by atoms with van der Waals surface area (Å²) in [6.07, 6.45) is 0. The lowest BCUT2D eigenvalue weighted by Gasteiger charge is -2.46. The van der Waals surface area contributed by atoms with E-state index >= 15 is 0 Å². The molecular formula is C12H19N5O. The number of nitrogens with zero attached hydrogens (tertiary/aromatic N) is 3. The van der Waals surface area contributed by atoms with Crippen LogP contribution in [0.5, 0.6) is 0 Å². The highest BCUT2D eigenvalue weighted by Gasteiger charge is 2.36. The number of H-pyrrole nitrogens is 1. The van der Waals surface area contributed by atoms with Crippen LogP contribution in [-0.4, -0.2) is 71.2 Å². The van der Waals surface area contributed by atoms with Gasteiger partial charge in [0.25, 0.3) is 5.91 Å². The standard InChI is InChI=1S/C12H19N5O/c1-9-6-11(15-14-9)12(18)17-7-10(8-17)16-4-2-13-3-5-16/h6,10,13H,2-5,7-8H2,1H3,(H,14,15). The first-order valence-corrected chi connectivity index (χ1v) is 6.50. The van der Waals surface area contributed by atoms with Crippen LogP contribution in [0.2, 0.25) is 0 Å². The lowest BCUT2D eigenvalue weighted by molar-refractivity contribution is 0.0222. The van der Waals surface area contributed by atoms with Crippen molar-refractivity contribution in [3.63, 3.8) is 0 Å². The highest BCUT2D eigenvalue weighted by Crippen LogP contribution is 2.18. The quantitative estimate of drug-likeness (QED) is 0.738. The van der Waals surface area contributed by atoms with Gasteiger partial charge in [-0.1, -0.05) is 0 Å². The fourth-order valence-electron chi connectivity index (χ4n) is 2.59. The Morgan fingerprint density at radius 3 is 2.72 bits per heavy atom. The number of piperazine rings is 1. The van der Waals surface area contributed by atoms with E-state index in [2.05, 4.69) is 20.4 Å². The maximum Gasteiger partial charge on any atom is 0.274 e. The van der Waals surface area contributed by atoms with Crippen molar-refractivity contribution in [1.82, 2.24) is 25.3 Å². The maximum absolute atomic E-state index is 12.1. The normalized spacial score (nSPS) is 21.9. The van der Waals surface area contributed by atoms with E-state index in [1.54, 1.807) is 6.07 Å². The molecule has 2 saturated heterocycles. The summed E-state index contributed by atoms with van der Waals surface area (Å²) in [5.74, 6) is 0.0470. The Hall–Kier alpha value is -1.40. The monoisotopic (exact) mass is 249 g/mol. The van der Waals surface area contributed by atoms with Gasteiger partial charge in [-0.2, -0.15) is 5.10 Å². The molecule has 2 aliphatic rings. The number of likely N-dealkylation sites (tertiary alicyclic amines) is 1. The molecule has 98 valence electrons. The fourth-order valence-corrected chi connectivity index (χ4v) is 2.59. The van der Waals surface area contributed by atoms with E-state index < -0.39 is 0 Å². The van der Waals surface area contributed by atoms with Gasteiger partial charge in [0.2, 0.25) is 0 Å². The number of rotatable bonds is 2. The van der Waals surface area contributed by atoms with Crippen molar-refractivity contribution in [3.05, 3.63) is 17.5 Å². The van der Waals surface area contributed by atoms with Gasteiger partial charge in [0.15, 0.2) is 0 Å². The van der Waals surface area contributed by atoms with Gasteiger partial charge in [0.1, 0.15) is 5.69 Å². The highest BCUT2D eigenvalue weighted by molar-refractivity contribution is 5.93. The Balaban J connectivity index is 1.53. The fraction of sp³-hybridized carbons (Fsp3) is 0.667. The maximum atomic E-state index is 12.1. The topological polar surface area (TPSA) is 64.3 Å². The van der Waals surface area contributed by atoms with Crippen molar-refractivity contribution < 1.29 is 4.79 Å². The largest absolute Gasteiger partial charge is 0.334 e. The van der Waals surface area contributed by atoms with Gasteiger partial charge in [-0.05, 0) is 13.0 Å². The van der Waals surface area contributed by atoms with Gasteiger partial charge in [-0.25, -0.2) is 0 Å². The number of hydrogen-bond donors (Lipinski definition) is 2. The average Bonchev–Trinajstić information content (AvgIpc) is 2.75. The number of amides is 1. The van der Waals surface area contributed by atoms with Gasteiger partial charge in [-0.3, -0.25) is 14.8 Å². The van der Waals surface area contributed by atoms with Gasteiger partial charge < -0.3 is 10.2 Å². The van der Waals surface area contributed by atoms with E-state index in [0.29, 0.717) is 11.7 Å². The van der Waals surface area contributed by atoms with Crippen LogP contribution in [0.15, 0.2) is 6.07 Å². The molecule has 6 nitrogen and oxygen atoms in total. The number of nitrogens with one attached hydrogen (secondary N) is 2. The minimum Gasteiger partial charge on any atom is -0.334 e. The molecule has 3 rings (SSSR count). The Bertz CT molecular complexity index is 431. The van der Waals surface area contributed by atoms with E-state index in [1.165, 1.54) is 0 Å². The van der Waals surface area contributed by atoms with Crippen LogP contribution in [0.1, 0.15) is 16.2 Å². The number of hydrogen-bond acceptors (Lipinski definition) is 4. The van der Waals surface area contributed by atoms with E-state index in [0.717, 1.165) is 45.0 Å². The molecule has 0 aliphatic carbocycles. The predicted molar refractivity (Wildman–Crippen MR) is 67.5 cm³/mol. The molecule has 2 fully saturated rings. The lowest BCUT2D eigenvalue weighted by atomic mass is 10.1. The van der Waals surface area contributed by atoms with Gasteiger partial charge >= 0.3 is 0 Å². The van der Waals surface area contributed by atoms with E-state index in [4.69, 9.17) is 0 Å². The average molecular weight is 249 g/mol. The molecule has 1 aromatic rings. The second-order valence-electron chi connectivity index (χ2n) is 5.09. The number of carbonyl (C=O) groups excluding carboxylic acids is 1. The SMILES string of the molecule is Cc1cc(C(=O)N2CC(N3CCNCC3)C2)n[nH]1. The molecular weight excluding hydrogens is 230 g/mol. The minimum absolute atomic E-state index is 0.0470. The smallest absolute Gasteiger partial charge is 0.274 e. The molecule has 2 aliphatic heterocycles. The summed E-state index contributed by atoms with van der Waals surface area (Å²) in [6, 6.07) is 2.34. The van der Waals surface area contributed by atoms with Crippen molar-refractivity contribution in [2.24, 2.45) is 0 Å². The van der Waals surface area contributed by atoms with Crippen molar-refractivity contribution in [3.8, 4) is 0 Å². The van der Waals surface area contributed by atoms with Crippen LogP contribution in [0, 0.1) is 6.92 Å². The molecule has 18 heavy (non-hydrogen) atoms. The molecule has 0 aromatic carbocycles. The van der Waals surface area contributed by atoms with Crippen molar-refractivity contribution in [2.75, 3.05) is 39.3 Å². The van der Waals surface area contributed by atoms with Crippen LogP contribution in [0.25, 0.3) is 0 Å². The van der Waals surface area contributed by atoms with Crippen LogP contribution < -0.4 is 5.32 Å². The molecule has 0 spiro atoms. The summed E-state index contributed by atoms with van der Waals surface area (Å²) in [5.41, 5.74) is 1.46. The van der Waals surface area contributed by atoms with Crippen molar-refractivity contribution >= 4 is 5.91 Å². The Labute approximate surface area is 106 Å². The van der Waals surface area contributed by atoms with Gasteiger partial charge in [-0.15, -0.1) is 0 Å². The van der Waals surface area contributed by atoms with Crippen LogP contribution in [0.3, 0.4) is 0 Å². The second kappa shape index (κ2) is 4.70. The molecule has 1 aromatic heterocycles. The minimum atomic E-state index is 0.0470. The number of aryl methyl sites for hydroxylation is 1. The highest BCUT2D eigenvalue weighted by atomic mass is 16.2. The van der Waals surface area contributed by atoms with E-state index in [9.17, 15) is 4.79 Å². The second-order valence-corrected chi connectivity index (χ2v) is 5.09. The van der Waals surface area contributed by atoms with Crippen LogP contribution in [0.4, 0.5) is 0 Å². The number of aromatic nitrogens is 2. The zero-order chi connectivity index (χ0) is 12.5. The first kappa shape index (κ1) is 11.7. The number of carbonyl (C=O) groups is 1. The summed E-state index contributed by atoms with van der Waals surface area (Å²) < 4.78 is 0. The molecule has 3 heterocycles. The molecule has 0 radical (unpaired) electrons.